The monoisotopic (exact) mass is 380 g/mol. The number of hydrogen-bond acceptors (Lipinski definition) is 3. The summed E-state index contributed by atoms with van der Waals surface area (Å²) in [5.41, 5.74) is 1.97. The predicted molar refractivity (Wildman–Crippen MR) is 99.6 cm³/mol. The Morgan fingerprint density at radius 2 is 2.00 bits per heavy atom. The number of hydrogen-bond donors (Lipinski definition) is 2. The molecule has 0 radical (unpaired) electrons. The lowest BCUT2D eigenvalue weighted by atomic mass is 10.1. The van der Waals surface area contributed by atoms with Crippen molar-refractivity contribution in [3.8, 4) is 0 Å². The van der Waals surface area contributed by atoms with Gasteiger partial charge in [-0.15, -0.1) is 11.3 Å². The van der Waals surface area contributed by atoms with E-state index in [0.717, 1.165) is 21.3 Å². The Hall–Kier alpha value is -1.82. The zero-order valence-corrected chi connectivity index (χ0v) is 15.3. The summed E-state index contributed by atoms with van der Waals surface area (Å²) in [6.45, 7) is 3.81. The van der Waals surface area contributed by atoms with Crippen molar-refractivity contribution in [2.24, 2.45) is 0 Å². The van der Waals surface area contributed by atoms with Gasteiger partial charge in [0.1, 0.15) is 4.88 Å². The summed E-state index contributed by atoms with van der Waals surface area (Å²) in [4.78, 5) is 27.6. The average molecular weight is 381 g/mol. The van der Waals surface area contributed by atoms with Gasteiger partial charge >= 0.3 is 0 Å². The number of aryl methyl sites for hydroxylation is 2. The van der Waals surface area contributed by atoms with E-state index in [1.54, 1.807) is 18.2 Å². The van der Waals surface area contributed by atoms with Crippen LogP contribution < -0.4 is 10.9 Å². The number of rotatable bonds is 3. The van der Waals surface area contributed by atoms with Gasteiger partial charge in [-0.1, -0.05) is 29.3 Å². The number of amides is 1. The summed E-state index contributed by atoms with van der Waals surface area (Å²) in [6, 6.07) is 7.18. The van der Waals surface area contributed by atoms with Crippen LogP contribution in [0.1, 0.15) is 26.5 Å². The lowest BCUT2D eigenvalue weighted by molar-refractivity contribution is 0.0955. The molecule has 2 heterocycles. The molecule has 0 spiro atoms. The quantitative estimate of drug-likeness (QED) is 0.705. The van der Waals surface area contributed by atoms with Gasteiger partial charge in [0, 0.05) is 32.9 Å². The van der Waals surface area contributed by atoms with Crippen molar-refractivity contribution in [3.63, 3.8) is 0 Å². The fourth-order valence-electron chi connectivity index (χ4n) is 2.54. The third-order valence-electron chi connectivity index (χ3n) is 3.72. The Labute approximate surface area is 152 Å². The third kappa shape index (κ3) is 3.20. The number of benzene rings is 1. The van der Waals surface area contributed by atoms with E-state index in [1.807, 2.05) is 19.9 Å². The molecule has 0 aliphatic rings. The second-order valence-electron chi connectivity index (χ2n) is 5.51. The Kier molecular flexibility index (Phi) is 4.67. The number of carbonyl (C=O) groups excluding carboxylic acids is 1. The van der Waals surface area contributed by atoms with E-state index in [0.29, 0.717) is 20.5 Å². The number of carbonyl (C=O) groups is 1. The van der Waals surface area contributed by atoms with E-state index in [2.05, 4.69) is 10.3 Å². The Bertz CT molecular complexity index is 1010. The standard InChI is InChI=1S/C17H14Cl2N2O2S/c1-8-5-9(2)21-16(22)12(8)7-20-17(23)15-14(19)11-4-3-10(18)6-13(11)24-15/h3-6H,7H2,1-2H3,(H,20,23)(H,21,22). The minimum atomic E-state index is -0.309. The highest BCUT2D eigenvalue weighted by atomic mass is 35.5. The van der Waals surface area contributed by atoms with Crippen LogP contribution in [0, 0.1) is 13.8 Å². The first-order valence-electron chi connectivity index (χ1n) is 7.22. The minimum absolute atomic E-state index is 0.144. The van der Waals surface area contributed by atoms with Crippen LogP contribution in [-0.2, 0) is 6.54 Å². The Balaban J connectivity index is 1.86. The van der Waals surface area contributed by atoms with E-state index in [-0.39, 0.29) is 18.0 Å². The van der Waals surface area contributed by atoms with Gasteiger partial charge in [-0.3, -0.25) is 9.59 Å². The van der Waals surface area contributed by atoms with Crippen LogP contribution in [0.2, 0.25) is 10.0 Å². The molecule has 4 nitrogen and oxygen atoms in total. The van der Waals surface area contributed by atoms with Crippen molar-refractivity contribution in [2.45, 2.75) is 20.4 Å². The van der Waals surface area contributed by atoms with E-state index < -0.39 is 0 Å². The largest absolute Gasteiger partial charge is 0.347 e. The minimum Gasteiger partial charge on any atom is -0.347 e. The highest BCUT2D eigenvalue weighted by Crippen LogP contribution is 2.36. The topological polar surface area (TPSA) is 62.0 Å². The molecule has 3 rings (SSSR count). The van der Waals surface area contributed by atoms with Crippen LogP contribution in [0.25, 0.3) is 10.1 Å². The van der Waals surface area contributed by atoms with E-state index >= 15 is 0 Å². The van der Waals surface area contributed by atoms with E-state index in [4.69, 9.17) is 23.2 Å². The van der Waals surface area contributed by atoms with Crippen molar-refractivity contribution in [2.75, 3.05) is 0 Å². The molecule has 0 unspecified atom stereocenters. The van der Waals surface area contributed by atoms with Gasteiger partial charge in [-0.05, 0) is 37.6 Å². The van der Waals surface area contributed by atoms with Crippen molar-refractivity contribution < 1.29 is 4.79 Å². The molecule has 124 valence electrons. The second-order valence-corrected chi connectivity index (χ2v) is 7.38. The third-order valence-corrected chi connectivity index (χ3v) is 5.61. The van der Waals surface area contributed by atoms with Crippen molar-refractivity contribution in [1.82, 2.24) is 10.3 Å². The van der Waals surface area contributed by atoms with Crippen molar-refractivity contribution in [1.29, 1.82) is 0 Å². The number of H-pyrrole nitrogens is 1. The average Bonchev–Trinajstić information content (AvgIpc) is 2.82. The van der Waals surface area contributed by atoms with Gasteiger partial charge in [-0.25, -0.2) is 0 Å². The molecule has 0 aliphatic carbocycles. The lowest BCUT2D eigenvalue weighted by Crippen LogP contribution is -2.27. The molecular formula is C17H14Cl2N2O2S. The Morgan fingerprint density at radius 3 is 2.71 bits per heavy atom. The molecule has 1 aromatic carbocycles. The SMILES string of the molecule is Cc1cc(C)c(CNC(=O)c2sc3cc(Cl)ccc3c2Cl)c(=O)[nH]1. The summed E-state index contributed by atoms with van der Waals surface area (Å²) in [7, 11) is 0. The number of halogens is 2. The molecule has 2 aromatic heterocycles. The molecule has 7 heteroatoms. The number of nitrogens with one attached hydrogen (secondary N) is 2. The van der Waals surface area contributed by atoms with Crippen LogP contribution >= 0.6 is 34.5 Å². The molecule has 0 fully saturated rings. The van der Waals surface area contributed by atoms with Gasteiger partial charge in [0.25, 0.3) is 11.5 Å². The Morgan fingerprint density at radius 1 is 1.25 bits per heavy atom. The molecule has 24 heavy (non-hydrogen) atoms. The van der Waals surface area contributed by atoms with Crippen LogP contribution in [-0.4, -0.2) is 10.9 Å². The molecule has 0 aliphatic heterocycles. The molecule has 0 bridgehead atoms. The molecule has 2 N–H and O–H groups in total. The lowest BCUT2D eigenvalue weighted by Gasteiger charge is -2.07. The summed E-state index contributed by atoms with van der Waals surface area (Å²) in [5, 5.41) is 4.55. The summed E-state index contributed by atoms with van der Waals surface area (Å²) in [5.74, 6) is -0.309. The first kappa shape index (κ1) is 17.0. The van der Waals surface area contributed by atoms with Crippen LogP contribution in [0.5, 0.6) is 0 Å². The molecule has 0 atom stereocenters. The van der Waals surface area contributed by atoms with Gasteiger partial charge in [0.05, 0.1) is 5.02 Å². The normalized spacial score (nSPS) is 11.0. The molecule has 0 saturated heterocycles. The fourth-order valence-corrected chi connectivity index (χ4v) is 4.24. The van der Waals surface area contributed by atoms with Crippen LogP contribution in [0.15, 0.2) is 29.1 Å². The van der Waals surface area contributed by atoms with Gasteiger partial charge < -0.3 is 10.3 Å². The van der Waals surface area contributed by atoms with Crippen LogP contribution in [0.4, 0.5) is 0 Å². The van der Waals surface area contributed by atoms with Crippen molar-refractivity contribution in [3.05, 3.63) is 66.4 Å². The van der Waals surface area contributed by atoms with Gasteiger partial charge in [0.2, 0.25) is 0 Å². The fraction of sp³-hybridized carbons (Fsp3) is 0.176. The number of aromatic amines is 1. The zero-order chi connectivity index (χ0) is 17.4. The first-order valence-corrected chi connectivity index (χ1v) is 8.79. The predicted octanol–water partition coefficient (Wildman–Crippen LogP) is 4.44. The highest BCUT2D eigenvalue weighted by molar-refractivity contribution is 7.21. The maximum Gasteiger partial charge on any atom is 0.263 e. The smallest absolute Gasteiger partial charge is 0.263 e. The molecule has 0 saturated carbocycles. The number of pyridine rings is 1. The van der Waals surface area contributed by atoms with E-state index in [9.17, 15) is 9.59 Å². The maximum atomic E-state index is 12.5. The maximum absolute atomic E-state index is 12.5. The number of fused-ring (bicyclic) bond motifs is 1. The molecule has 1 amide bonds. The van der Waals surface area contributed by atoms with E-state index in [1.165, 1.54) is 11.3 Å². The molecular weight excluding hydrogens is 367 g/mol. The highest BCUT2D eigenvalue weighted by Gasteiger charge is 2.18. The zero-order valence-electron chi connectivity index (χ0n) is 13.0. The summed E-state index contributed by atoms with van der Waals surface area (Å²) >= 11 is 13.6. The van der Waals surface area contributed by atoms with Crippen molar-refractivity contribution >= 4 is 50.5 Å². The number of thiophene rings is 1. The second kappa shape index (κ2) is 6.59. The molecule has 3 aromatic rings. The first-order chi connectivity index (χ1) is 11.4. The summed E-state index contributed by atoms with van der Waals surface area (Å²) < 4.78 is 0.849. The number of aromatic nitrogens is 1. The summed E-state index contributed by atoms with van der Waals surface area (Å²) in [6.07, 6.45) is 0. The van der Waals surface area contributed by atoms with Gasteiger partial charge in [0.15, 0.2) is 0 Å². The van der Waals surface area contributed by atoms with Crippen LogP contribution in [0.3, 0.4) is 0 Å². The van der Waals surface area contributed by atoms with Gasteiger partial charge in [-0.2, -0.15) is 0 Å².